The van der Waals surface area contributed by atoms with E-state index in [1.165, 1.54) is 0 Å². The number of carbonyl (C=O) groups is 1. The zero-order valence-electron chi connectivity index (χ0n) is 12.4. The summed E-state index contributed by atoms with van der Waals surface area (Å²) in [7, 11) is 0. The number of hydrogen-bond acceptors (Lipinski definition) is 4. The minimum atomic E-state index is -1.81. The summed E-state index contributed by atoms with van der Waals surface area (Å²) in [4.78, 5) is 11.8. The number of benzene rings is 1. The minimum absolute atomic E-state index is 0.00467. The number of aryl methyl sites for hydroxylation is 1. The highest BCUT2D eigenvalue weighted by Gasteiger charge is 2.33. The summed E-state index contributed by atoms with van der Waals surface area (Å²) in [6.45, 7) is 6.92. The minimum Gasteiger partial charge on any atom is -0.458 e. The van der Waals surface area contributed by atoms with Crippen molar-refractivity contribution in [1.82, 2.24) is 0 Å². The van der Waals surface area contributed by atoms with Gasteiger partial charge in [0.05, 0.1) is 0 Å². The molecule has 0 fully saturated rings. The van der Waals surface area contributed by atoms with Crippen molar-refractivity contribution in [3.8, 4) is 0 Å². The molecule has 4 N–H and O–H groups in total. The smallest absolute Gasteiger partial charge is 0.341 e. The number of rotatable bonds is 4. The van der Waals surface area contributed by atoms with Gasteiger partial charge in [-0.1, -0.05) is 6.07 Å². The van der Waals surface area contributed by atoms with Gasteiger partial charge < -0.3 is 16.2 Å². The molecule has 20 heavy (non-hydrogen) atoms. The van der Waals surface area contributed by atoms with Crippen molar-refractivity contribution in [2.75, 3.05) is 12.3 Å². The predicted molar refractivity (Wildman–Crippen MR) is 78.1 cm³/mol. The lowest BCUT2D eigenvalue weighted by molar-refractivity contribution is -0.161. The number of ether oxygens (including phenoxy) is 1. The van der Waals surface area contributed by atoms with Gasteiger partial charge in [0.25, 0.3) is 0 Å². The van der Waals surface area contributed by atoms with Crippen molar-refractivity contribution in [2.45, 2.75) is 45.4 Å². The number of nitrogen functional groups attached to an aromatic ring is 1. The van der Waals surface area contributed by atoms with Crippen molar-refractivity contribution in [2.24, 2.45) is 5.73 Å². The number of nitrogens with two attached hydrogens (primary N) is 2. The van der Waals surface area contributed by atoms with Crippen LogP contribution in [0.15, 0.2) is 18.2 Å². The van der Waals surface area contributed by atoms with Gasteiger partial charge in [-0.05, 0) is 51.0 Å². The highest BCUT2D eigenvalue weighted by molar-refractivity contribution is 5.76. The molecule has 112 valence electrons. The van der Waals surface area contributed by atoms with Crippen LogP contribution in [0.5, 0.6) is 0 Å². The molecule has 2 atom stereocenters. The van der Waals surface area contributed by atoms with Gasteiger partial charge in [-0.25, -0.2) is 9.18 Å². The Morgan fingerprint density at radius 2 is 2.00 bits per heavy atom. The SMILES string of the molecule is Cc1ccc(N)cc1C(CN)C(F)C(=O)OC(C)(C)C. The first-order chi connectivity index (χ1) is 9.15. The van der Waals surface area contributed by atoms with E-state index in [0.717, 1.165) is 5.56 Å². The fourth-order valence-electron chi connectivity index (χ4n) is 1.98. The first-order valence-electron chi connectivity index (χ1n) is 6.58. The second-order valence-electron chi connectivity index (χ2n) is 5.89. The quantitative estimate of drug-likeness (QED) is 0.656. The summed E-state index contributed by atoms with van der Waals surface area (Å²) in [5, 5.41) is 0. The van der Waals surface area contributed by atoms with Crippen LogP contribution in [0, 0.1) is 6.92 Å². The van der Waals surface area contributed by atoms with E-state index in [4.69, 9.17) is 16.2 Å². The largest absolute Gasteiger partial charge is 0.458 e. The highest BCUT2D eigenvalue weighted by Crippen LogP contribution is 2.28. The molecule has 1 rings (SSSR count). The lowest BCUT2D eigenvalue weighted by Crippen LogP contribution is -2.35. The van der Waals surface area contributed by atoms with E-state index in [0.29, 0.717) is 11.3 Å². The first kappa shape index (κ1) is 16.4. The van der Waals surface area contributed by atoms with E-state index >= 15 is 0 Å². The molecular weight excluding hydrogens is 259 g/mol. The predicted octanol–water partition coefficient (Wildman–Crippen LogP) is 2.30. The lowest BCUT2D eigenvalue weighted by Gasteiger charge is -2.25. The summed E-state index contributed by atoms with van der Waals surface area (Å²) in [5.41, 5.74) is 12.6. The van der Waals surface area contributed by atoms with Gasteiger partial charge in [0, 0.05) is 18.2 Å². The molecule has 4 nitrogen and oxygen atoms in total. The van der Waals surface area contributed by atoms with Crippen molar-refractivity contribution < 1.29 is 13.9 Å². The van der Waals surface area contributed by atoms with E-state index in [9.17, 15) is 9.18 Å². The number of carbonyl (C=O) groups excluding carboxylic acids is 1. The Morgan fingerprint density at radius 1 is 1.40 bits per heavy atom. The van der Waals surface area contributed by atoms with E-state index in [2.05, 4.69) is 0 Å². The summed E-state index contributed by atoms with van der Waals surface area (Å²) >= 11 is 0. The van der Waals surface area contributed by atoms with E-state index in [1.54, 1.807) is 39.0 Å². The highest BCUT2D eigenvalue weighted by atomic mass is 19.1. The molecular formula is C15H23FN2O2. The zero-order valence-corrected chi connectivity index (χ0v) is 12.4. The number of hydrogen-bond donors (Lipinski definition) is 2. The van der Waals surface area contributed by atoms with Crippen LogP contribution < -0.4 is 11.5 Å². The third-order valence-corrected chi connectivity index (χ3v) is 2.94. The lowest BCUT2D eigenvalue weighted by atomic mass is 9.90. The van der Waals surface area contributed by atoms with Crippen LogP contribution >= 0.6 is 0 Å². The Balaban J connectivity index is 3.00. The third-order valence-electron chi connectivity index (χ3n) is 2.94. The Bertz CT molecular complexity index is 483. The average Bonchev–Trinajstić information content (AvgIpc) is 2.32. The Kier molecular flexibility index (Phi) is 5.11. The molecule has 1 aromatic carbocycles. The van der Waals surface area contributed by atoms with Crippen LogP contribution in [-0.2, 0) is 9.53 Å². The van der Waals surface area contributed by atoms with Crippen LogP contribution in [0.4, 0.5) is 10.1 Å². The third kappa shape index (κ3) is 4.20. The van der Waals surface area contributed by atoms with Crippen LogP contribution in [-0.4, -0.2) is 24.3 Å². The molecule has 0 radical (unpaired) electrons. The molecule has 0 aromatic heterocycles. The molecule has 0 aliphatic rings. The van der Waals surface area contributed by atoms with Crippen molar-refractivity contribution in [3.05, 3.63) is 29.3 Å². The Hall–Kier alpha value is -1.62. The van der Waals surface area contributed by atoms with Crippen LogP contribution in [0.25, 0.3) is 0 Å². The maximum absolute atomic E-state index is 14.4. The first-order valence-corrected chi connectivity index (χ1v) is 6.58. The molecule has 0 heterocycles. The molecule has 0 bridgehead atoms. The van der Waals surface area contributed by atoms with Crippen LogP contribution in [0.2, 0.25) is 0 Å². The van der Waals surface area contributed by atoms with Gasteiger partial charge in [-0.15, -0.1) is 0 Å². The summed E-state index contributed by atoms with van der Waals surface area (Å²) in [6.07, 6.45) is -1.81. The topological polar surface area (TPSA) is 78.3 Å². The molecule has 0 saturated carbocycles. The molecule has 0 saturated heterocycles. The van der Waals surface area contributed by atoms with Gasteiger partial charge in [-0.3, -0.25) is 0 Å². The average molecular weight is 282 g/mol. The van der Waals surface area contributed by atoms with Crippen molar-refractivity contribution in [3.63, 3.8) is 0 Å². The van der Waals surface area contributed by atoms with Gasteiger partial charge >= 0.3 is 5.97 Å². The number of halogens is 1. The van der Waals surface area contributed by atoms with Gasteiger partial charge in [0.2, 0.25) is 6.17 Å². The van der Waals surface area contributed by atoms with E-state index in [-0.39, 0.29) is 6.54 Å². The van der Waals surface area contributed by atoms with Gasteiger partial charge in [-0.2, -0.15) is 0 Å². The Labute approximate surface area is 119 Å². The monoisotopic (exact) mass is 282 g/mol. The second-order valence-corrected chi connectivity index (χ2v) is 5.89. The number of esters is 1. The van der Waals surface area contributed by atoms with E-state index in [1.807, 2.05) is 6.92 Å². The molecule has 0 aliphatic carbocycles. The van der Waals surface area contributed by atoms with E-state index < -0.39 is 23.7 Å². The fraction of sp³-hybridized carbons (Fsp3) is 0.533. The maximum Gasteiger partial charge on any atom is 0.341 e. The number of alkyl halides is 1. The maximum atomic E-state index is 14.4. The molecule has 0 amide bonds. The summed E-state index contributed by atoms with van der Waals surface area (Å²) in [5.74, 6) is -1.65. The summed E-state index contributed by atoms with van der Waals surface area (Å²) < 4.78 is 19.5. The van der Waals surface area contributed by atoms with Crippen molar-refractivity contribution in [1.29, 1.82) is 0 Å². The van der Waals surface area contributed by atoms with Gasteiger partial charge in [0.15, 0.2) is 0 Å². The summed E-state index contributed by atoms with van der Waals surface area (Å²) in [6, 6.07) is 5.17. The molecule has 2 unspecified atom stereocenters. The standard InChI is InChI=1S/C15H23FN2O2/c1-9-5-6-10(18)7-11(9)12(8-17)13(16)14(19)20-15(2,3)4/h5-7,12-13H,8,17-18H2,1-4H3. The van der Waals surface area contributed by atoms with Crippen LogP contribution in [0.1, 0.15) is 37.8 Å². The van der Waals surface area contributed by atoms with Crippen molar-refractivity contribution >= 4 is 11.7 Å². The fourth-order valence-corrected chi connectivity index (χ4v) is 1.98. The zero-order chi connectivity index (χ0) is 15.5. The molecule has 1 aromatic rings. The van der Waals surface area contributed by atoms with Crippen LogP contribution in [0.3, 0.4) is 0 Å². The normalized spacial score (nSPS) is 14.7. The Morgan fingerprint density at radius 3 is 2.50 bits per heavy atom. The number of anilines is 1. The van der Waals surface area contributed by atoms with Gasteiger partial charge in [0.1, 0.15) is 5.60 Å². The second kappa shape index (κ2) is 6.22. The molecule has 5 heteroatoms. The molecule has 0 aliphatic heterocycles. The molecule has 0 spiro atoms.